The molecule has 5 heteroatoms. The van der Waals surface area contributed by atoms with Crippen molar-refractivity contribution in [3.05, 3.63) is 35.4 Å². The molecule has 3 N–H and O–H groups in total. The summed E-state index contributed by atoms with van der Waals surface area (Å²) in [7, 11) is 0. The van der Waals surface area contributed by atoms with Crippen molar-refractivity contribution in [2.75, 3.05) is 19.6 Å². The molecule has 2 aliphatic rings. The molecule has 25 heavy (non-hydrogen) atoms. The van der Waals surface area contributed by atoms with E-state index in [0.29, 0.717) is 13.1 Å². The molecule has 0 aromatic heterocycles. The Labute approximate surface area is 150 Å². The lowest BCUT2D eigenvalue weighted by Crippen LogP contribution is -2.36. The Kier molecular flexibility index (Phi) is 6.45. The maximum atomic E-state index is 12.3. The molecule has 138 valence electrons. The summed E-state index contributed by atoms with van der Waals surface area (Å²) in [6.45, 7) is 6.67. The van der Waals surface area contributed by atoms with Gasteiger partial charge in [0.25, 0.3) is 0 Å². The third-order valence-electron chi connectivity index (χ3n) is 5.37. The first kappa shape index (κ1) is 18.4. The summed E-state index contributed by atoms with van der Waals surface area (Å²) in [6, 6.07) is 8.42. The van der Waals surface area contributed by atoms with Crippen LogP contribution >= 0.6 is 0 Å². The number of carbonyl (C=O) groups excluding carboxylic acids is 1. The number of piperidine rings is 1. The highest BCUT2D eigenvalue weighted by molar-refractivity contribution is 5.81. The molecule has 1 aromatic rings. The topological polar surface area (TPSA) is 67.6 Å². The Balaban J connectivity index is 1.55. The predicted molar refractivity (Wildman–Crippen MR) is 98.9 cm³/mol. The van der Waals surface area contributed by atoms with E-state index in [1.54, 1.807) is 0 Å². The number of carbonyl (C=O) groups is 1. The minimum Gasteiger partial charge on any atom is -0.364 e. The van der Waals surface area contributed by atoms with Crippen molar-refractivity contribution in [3.63, 3.8) is 0 Å². The van der Waals surface area contributed by atoms with Crippen molar-refractivity contribution in [3.8, 4) is 0 Å². The van der Waals surface area contributed by atoms with Gasteiger partial charge in [-0.05, 0) is 49.3 Å². The molecule has 2 fully saturated rings. The highest BCUT2D eigenvalue weighted by atomic mass is 16.5. The van der Waals surface area contributed by atoms with Crippen LogP contribution in [-0.4, -0.2) is 42.6 Å². The molecule has 0 spiro atoms. The number of benzene rings is 1. The molecule has 0 saturated carbocycles. The Morgan fingerprint density at radius 1 is 1.28 bits per heavy atom. The van der Waals surface area contributed by atoms with Crippen LogP contribution in [0.25, 0.3) is 0 Å². The van der Waals surface area contributed by atoms with Gasteiger partial charge in [0, 0.05) is 26.2 Å². The van der Waals surface area contributed by atoms with Crippen molar-refractivity contribution in [2.24, 2.45) is 11.7 Å². The van der Waals surface area contributed by atoms with Gasteiger partial charge in [-0.2, -0.15) is 0 Å². The van der Waals surface area contributed by atoms with Crippen LogP contribution in [0.4, 0.5) is 0 Å². The van der Waals surface area contributed by atoms with E-state index < -0.39 is 0 Å². The molecule has 2 aliphatic heterocycles. The van der Waals surface area contributed by atoms with Gasteiger partial charge in [0.15, 0.2) is 0 Å². The lowest BCUT2D eigenvalue weighted by molar-refractivity contribution is -0.132. The van der Waals surface area contributed by atoms with Crippen LogP contribution < -0.4 is 11.1 Å². The first-order chi connectivity index (χ1) is 12.2. The smallest absolute Gasteiger partial charge is 0.249 e. The van der Waals surface area contributed by atoms with E-state index in [-0.39, 0.29) is 18.1 Å². The maximum absolute atomic E-state index is 12.3. The van der Waals surface area contributed by atoms with Crippen LogP contribution in [0.1, 0.15) is 43.7 Å². The Morgan fingerprint density at radius 3 is 2.80 bits per heavy atom. The number of hydrogen-bond acceptors (Lipinski definition) is 4. The fourth-order valence-corrected chi connectivity index (χ4v) is 3.92. The van der Waals surface area contributed by atoms with Crippen molar-refractivity contribution in [2.45, 2.75) is 57.9 Å². The molecule has 2 heterocycles. The number of nitrogens with one attached hydrogen (secondary N) is 1. The summed E-state index contributed by atoms with van der Waals surface area (Å²) in [5.41, 5.74) is 8.12. The van der Waals surface area contributed by atoms with E-state index >= 15 is 0 Å². The minimum absolute atomic E-state index is 0.0163. The number of ether oxygens (including phenoxy) is 1. The van der Waals surface area contributed by atoms with Crippen LogP contribution in [0.3, 0.4) is 0 Å². The van der Waals surface area contributed by atoms with Crippen molar-refractivity contribution in [1.82, 2.24) is 10.2 Å². The molecule has 2 saturated heterocycles. The number of rotatable bonds is 6. The Morgan fingerprint density at radius 2 is 2.08 bits per heavy atom. The largest absolute Gasteiger partial charge is 0.364 e. The second kappa shape index (κ2) is 8.79. The summed E-state index contributed by atoms with van der Waals surface area (Å²) < 4.78 is 5.68. The SMILES string of the molecule is CC1CCCN(Cc2ccccc2CNC(=O)[C@@H]2CC[C@H](CN)O2)C1. The highest BCUT2D eigenvalue weighted by Gasteiger charge is 2.29. The second-order valence-corrected chi connectivity index (χ2v) is 7.53. The van der Waals surface area contributed by atoms with E-state index in [0.717, 1.165) is 31.8 Å². The first-order valence-electron chi connectivity index (χ1n) is 9.58. The number of nitrogens with zero attached hydrogens (tertiary/aromatic N) is 1. The molecular weight excluding hydrogens is 314 g/mol. The minimum atomic E-state index is -0.344. The normalized spacial score (nSPS) is 27.4. The lowest BCUT2D eigenvalue weighted by atomic mass is 9.99. The second-order valence-electron chi connectivity index (χ2n) is 7.53. The van der Waals surface area contributed by atoms with Gasteiger partial charge in [0.2, 0.25) is 5.91 Å². The summed E-state index contributed by atoms with van der Waals surface area (Å²) in [4.78, 5) is 14.9. The van der Waals surface area contributed by atoms with E-state index in [9.17, 15) is 4.79 Å². The van der Waals surface area contributed by atoms with Gasteiger partial charge in [0.1, 0.15) is 6.10 Å². The highest BCUT2D eigenvalue weighted by Crippen LogP contribution is 2.21. The molecule has 0 bridgehead atoms. The average molecular weight is 345 g/mol. The van der Waals surface area contributed by atoms with Crippen molar-refractivity contribution < 1.29 is 9.53 Å². The molecule has 5 nitrogen and oxygen atoms in total. The molecule has 1 unspecified atom stereocenters. The zero-order valence-electron chi connectivity index (χ0n) is 15.2. The Bertz CT molecular complexity index is 578. The third kappa shape index (κ3) is 5.03. The summed E-state index contributed by atoms with van der Waals surface area (Å²) >= 11 is 0. The number of amides is 1. The van der Waals surface area contributed by atoms with Gasteiger partial charge in [-0.3, -0.25) is 9.69 Å². The number of likely N-dealkylation sites (tertiary alicyclic amines) is 1. The summed E-state index contributed by atoms with van der Waals surface area (Å²) in [5.74, 6) is 0.757. The third-order valence-corrected chi connectivity index (χ3v) is 5.37. The maximum Gasteiger partial charge on any atom is 0.249 e. The standard InChI is InChI=1S/C20H31N3O2/c1-15-5-4-10-23(13-15)14-17-7-3-2-6-16(17)12-22-20(24)19-9-8-18(11-21)25-19/h2-3,6-7,15,18-19H,4-5,8-14,21H2,1H3,(H,22,24)/t15?,18-,19+/m1/s1. The number of nitrogens with two attached hydrogens (primary N) is 1. The molecule has 3 atom stereocenters. The van der Waals surface area contributed by atoms with Gasteiger partial charge in [-0.1, -0.05) is 31.2 Å². The van der Waals surface area contributed by atoms with Gasteiger partial charge < -0.3 is 15.8 Å². The Hall–Kier alpha value is -1.43. The van der Waals surface area contributed by atoms with Crippen molar-refractivity contribution >= 4 is 5.91 Å². The van der Waals surface area contributed by atoms with Crippen LogP contribution in [0.15, 0.2) is 24.3 Å². The van der Waals surface area contributed by atoms with Crippen LogP contribution in [0.2, 0.25) is 0 Å². The first-order valence-corrected chi connectivity index (χ1v) is 9.58. The fraction of sp³-hybridized carbons (Fsp3) is 0.650. The van der Waals surface area contributed by atoms with E-state index in [1.807, 2.05) is 6.07 Å². The molecule has 0 radical (unpaired) electrons. The van der Waals surface area contributed by atoms with Gasteiger partial charge >= 0.3 is 0 Å². The molecular formula is C20H31N3O2. The summed E-state index contributed by atoms with van der Waals surface area (Å²) in [5, 5.41) is 3.05. The molecule has 1 aromatic carbocycles. The quantitative estimate of drug-likeness (QED) is 0.828. The van der Waals surface area contributed by atoms with E-state index in [2.05, 4.69) is 35.3 Å². The van der Waals surface area contributed by atoms with Crippen molar-refractivity contribution in [1.29, 1.82) is 0 Å². The van der Waals surface area contributed by atoms with E-state index in [1.165, 1.54) is 30.5 Å². The van der Waals surface area contributed by atoms with Crippen LogP contribution in [0, 0.1) is 5.92 Å². The molecule has 0 aliphatic carbocycles. The number of hydrogen-bond donors (Lipinski definition) is 2. The van der Waals surface area contributed by atoms with Gasteiger partial charge in [-0.25, -0.2) is 0 Å². The van der Waals surface area contributed by atoms with Gasteiger partial charge in [0.05, 0.1) is 6.10 Å². The van der Waals surface area contributed by atoms with E-state index in [4.69, 9.17) is 10.5 Å². The van der Waals surface area contributed by atoms with Crippen LogP contribution in [-0.2, 0) is 22.6 Å². The predicted octanol–water partition coefficient (Wildman–Crippen LogP) is 2.04. The zero-order chi connectivity index (χ0) is 17.6. The fourth-order valence-electron chi connectivity index (χ4n) is 3.92. The summed E-state index contributed by atoms with van der Waals surface area (Å²) in [6.07, 6.45) is 3.94. The zero-order valence-corrected chi connectivity index (χ0v) is 15.2. The van der Waals surface area contributed by atoms with Gasteiger partial charge in [-0.15, -0.1) is 0 Å². The molecule has 3 rings (SSSR count). The lowest BCUT2D eigenvalue weighted by Gasteiger charge is -2.31. The molecule has 1 amide bonds. The monoisotopic (exact) mass is 345 g/mol. The van der Waals surface area contributed by atoms with Crippen LogP contribution in [0.5, 0.6) is 0 Å². The average Bonchev–Trinajstić information content (AvgIpc) is 3.10.